The molecule has 0 aromatic heterocycles. The van der Waals surface area contributed by atoms with Gasteiger partial charge in [-0.2, -0.15) is 0 Å². The molecular formula is C15H20Ti. The SMILES string of the molecule is CC1=C(C)C(C)(C)[C]([Ti][C]2=CC=CC2)=C1C. The van der Waals surface area contributed by atoms with Gasteiger partial charge in [-0.15, -0.1) is 0 Å². The van der Waals surface area contributed by atoms with Gasteiger partial charge in [0.05, 0.1) is 0 Å². The summed E-state index contributed by atoms with van der Waals surface area (Å²) in [6.45, 7) is 11.7. The van der Waals surface area contributed by atoms with Gasteiger partial charge in [-0.1, -0.05) is 0 Å². The van der Waals surface area contributed by atoms with Gasteiger partial charge in [0.2, 0.25) is 0 Å². The van der Waals surface area contributed by atoms with Gasteiger partial charge < -0.3 is 0 Å². The molecule has 0 saturated heterocycles. The average Bonchev–Trinajstić information content (AvgIpc) is 2.78. The van der Waals surface area contributed by atoms with Crippen LogP contribution >= 0.6 is 0 Å². The molecule has 0 spiro atoms. The first kappa shape index (κ1) is 12.1. The van der Waals surface area contributed by atoms with Crippen LogP contribution in [0, 0.1) is 5.41 Å². The molecule has 16 heavy (non-hydrogen) atoms. The number of hydrogen-bond donors (Lipinski definition) is 0. The van der Waals surface area contributed by atoms with Gasteiger partial charge in [0.1, 0.15) is 0 Å². The third-order valence-corrected chi connectivity index (χ3v) is 7.15. The Morgan fingerprint density at radius 3 is 2.25 bits per heavy atom. The average molecular weight is 248 g/mol. The van der Waals surface area contributed by atoms with E-state index in [0.29, 0.717) is 5.41 Å². The second-order valence-electron chi connectivity index (χ2n) is 5.32. The Hall–Kier alpha value is -0.326. The summed E-state index contributed by atoms with van der Waals surface area (Å²) < 4.78 is 3.43. The van der Waals surface area contributed by atoms with E-state index in [0.717, 1.165) is 0 Å². The van der Waals surface area contributed by atoms with Crippen LogP contribution in [0.2, 0.25) is 0 Å². The molecule has 0 aliphatic heterocycles. The van der Waals surface area contributed by atoms with Crippen LogP contribution in [0.3, 0.4) is 0 Å². The first-order valence-corrected chi connectivity index (χ1v) is 7.53. The van der Waals surface area contributed by atoms with Gasteiger partial charge in [-0.3, -0.25) is 0 Å². The predicted molar refractivity (Wildman–Crippen MR) is 66.7 cm³/mol. The van der Waals surface area contributed by atoms with Gasteiger partial charge in [0.15, 0.2) is 0 Å². The summed E-state index contributed by atoms with van der Waals surface area (Å²) in [5.74, 6) is 0. The summed E-state index contributed by atoms with van der Waals surface area (Å²) in [5, 5.41) is 0. The summed E-state index contributed by atoms with van der Waals surface area (Å²) in [5.41, 5.74) is 5.01. The van der Waals surface area contributed by atoms with Crippen LogP contribution in [0.15, 0.2) is 42.7 Å². The monoisotopic (exact) mass is 248 g/mol. The van der Waals surface area contributed by atoms with Crippen molar-refractivity contribution in [2.24, 2.45) is 5.41 Å². The van der Waals surface area contributed by atoms with Gasteiger partial charge in [0.25, 0.3) is 0 Å². The van der Waals surface area contributed by atoms with Crippen molar-refractivity contribution >= 4 is 0 Å². The molecule has 1 heteroatoms. The van der Waals surface area contributed by atoms with E-state index >= 15 is 0 Å². The Labute approximate surface area is 108 Å². The van der Waals surface area contributed by atoms with E-state index < -0.39 is 0 Å². The Kier molecular flexibility index (Phi) is 3.16. The minimum absolute atomic E-state index is 0.0777. The van der Waals surface area contributed by atoms with Crippen molar-refractivity contribution in [2.75, 3.05) is 0 Å². The fourth-order valence-corrected chi connectivity index (χ4v) is 5.04. The van der Waals surface area contributed by atoms with Crippen molar-refractivity contribution in [1.29, 1.82) is 0 Å². The third kappa shape index (κ3) is 1.83. The summed E-state index contributed by atoms with van der Waals surface area (Å²) in [6.07, 6.45) is 8.03. The van der Waals surface area contributed by atoms with Crippen molar-refractivity contribution in [3.63, 3.8) is 0 Å². The molecule has 0 saturated carbocycles. The van der Waals surface area contributed by atoms with E-state index in [2.05, 4.69) is 52.8 Å². The molecule has 0 fully saturated rings. The molecule has 0 amide bonds. The Morgan fingerprint density at radius 2 is 1.81 bits per heavy atom. The summed E-state index contributed by atoms with van der Waals surface area (Å²) in [7, 11) is 0. The van der Waals surface area contributed by atoms with Crippen LogP contribution in [0.25, 0.3) is 0 Å². The molecule has 2 aliphatic rings. The number of allylic oxidation sites excluding steroid dienone is 8. The molecule has 0 radical (unpaired) electrons. The van der Waals surface area contributed by atoms with Crippen LogP contribution in [0.5, 0.6) is 0 Å². The zero-order chi connectivity index (χ0) is 11.9. The van der Waals surface area contributed by atoms with Crippen molar-refractivity contribution in [3.8, 4) is 0 Å². The Bertz CT molecular complexity index is 442. The summed E-state index contributed by atoms with van der Waals surface area (Å²) in [6, 6.07) is 0. The van der Waals surface area contributed by atoms with Gasteiger partial charge in [-0.25, -0.2) is 0 Å². The standard InChI is InChI=1S/C10H15.C5H5.Ti/c1-7-6-10(4,5)9(3)8(7)2;1-2-4-5-3-1;/h1-5H3;1-3H,4H2;. The number of hydrogen-bond acceptors (Lipinski definition) is 0. The first-order chi connectivity index (χ1) is 7.44. The third-order valence-electron chi connectivity index (χ3n) is 4.12. The van der Waals surface area contributed by atoms with Crippen molar-refractivity contribution in [2.45, 2.75) is 41.0 Å². The van der Waals surface area contributed by atoms with Crippen LogP contribution in [0.1, 0.15) is 41.0 Å². The fourth-order valence-electron chi connectivity index (χ4n) is 2.54. The fraction of sp³-hybridized carbons (Fsp3) is 0.467. The molecular weight excluding hydrogens is 228 g/mol. The maximum absolute atomic E-state index is 2.39. The molecule has 0 N–H and O–H groups in total. The van der Waals surface area contributed by atoms with Crippen molar-refractivity contribution in [1.82, 2.24) is 0 Å². The molecule has 0 aromatic carbocycles. The summed E-state index contributed by atoms with van der Waals surface area (Å²) in [4.78, 5) is 0. The van der Waals surface area contributed by atoms with Gasteiger partial charge >= 0.3 is 108 Å². The topological polar surface area (TPSA) is 0 Å². The molecule has 2 rings (SSSR count). The van der Waals surface area contributed by atoms with E-state index in [4.69, 9.17) is 0 Å². The normalized spacial score (nSPS) is 23.2. The number of rotatable bonds is 2. The Morgan fingerprint density at radius 1 is 1.12 bits per heavy atom. The first-order valence-electron chi connectivity index (χ1n) is 5.97. The quantitative estimate of drug-likeness (QED) is 0.628. The molecule has 0 nitrogen and oxygen atoms in total. The van der Waals surface area contributed by atoms with Gasteiger partial charge in [-0.05, 0) is 0 Å². The van der Waals surface area contributed by atoms with E-state index in [1.54, 1.807) is 18.9 Å². The molecule has 84 valence electrons. The van der Waals surface area contributed by atoms with E-state index in [-0.39, 0.29) is 19.2 Å². The molecule has 0 heterocycles. The Balaban J connectivity index is 2.29. The second kappa shape index (κ2) is 4.16. The molecule has 0 aromatic rings. The molecule has 0 bridgehead atoms. The van der Waals surface area contributed by atoms with Crippen LogP contribution in [-0.2, 0) is 19.2 Å². The second-order valence-corrected chi connectivity index (χ2v) is 7.50. The van der Waals surface area contributed by atoms with E-state index in [1.165, 1.54) is 12.0 Å². The molecule has 0 atom stereocenters. The van der Waals surface area contributed by atoms with E-state index in [9.17, 15) is 0 Å². The van der Waals surface area contributed by atoms with E-state index in [1.807, 2.05) is 0 Å². The van der Waals surface area contributed by atoms with Crippen molar-refractivity contribution in [3.05, 3.63) is 42.7 Å². The predicted octanol–water partition coefficient (Wildman–Crippen LogP) is 4.56. The van der Waals surface area contributed by atoms with Crippen LogP contribution in [-0.4, -0.2) is 0 Å². The summed E-state index contributed by atoms with van der Waals surface area (Å²) >= 11 is -0.0777. The maximum atomic E-state index is 2.39. The zero-order valence-electron chi connectivity index (χ0n) is 10.9. The van der Waals surface area contributed by atoms with Crippen molar-refractivity contribution < 1.29 is 19.2 Å². The minimum atomic E-state index is -0.0777. The molecule has 0 unspecified atom stereocenters. The van der Waals surface area contributed by atoms with Crippen LogP contribution < -0.4 is 0 Å². The van der Waals surface area contributed by atoms with Gasteiger partial charge in [0, 0.05) is 0 Å². The van der Waals surface area contributed by atoms with Crippen LogP contribution in [0.4, 0.5) is 0 Å². The zero-order valence-corrected chi connectivity index (χ0v) is 12.5. The molecule has 2 aliphatic carbocycles.